The number of hydrogen-bond donors (Lipinski definition) is 4. The van der Waals surface area contributed by atoms with Gasteiger partial charge in [-0.2, -0.15) is 50.5 Å². The van der Waals surface area contributed by atoms with E-state index in [1.807, 2.05) is 0 Å². The molecule has 0 saturated heterocycles. The maximum absolute atomic E-state index is 5.34. The standard InChI is InChI=1S/C38H74S4/c1-17-28(4)29(5)20-21-37(15,41)30(6)18-19-31(7)38(16,42)23-22-35(13,27(2)3)26-36(14,32(8)24-39)25-33(9,10)34(11,12)40/h30-32,39-42H,2,17-26H2,1,3-16H3/b29-28+. The highest BCUT2D eigenvalue weighted by Gasteiger charge is 2.46. The third-order valence-electron chi connectivity index (χ3n) is 12.4. The van der Waals surface area contributed by atoms with Gasteiger partial charge in [-0.25, -0.2) is 0 Å². The van der Waals surface area contributed by atoms with Gasteiger partial charge in [-0.15, -0.1) is 0 Å². The highest BCUT2D eigenvalue weighted by molar-refractivity contribution is 7.82. The Labute approximate surface area is 287 Å². The lowest BCUT2D eigenvalue weighted by atomic mass is 9.57. The quantitative estimate of drug-likeness (QED) is 0.0726. The summed E-state index contributed by atoms with van der Waals surface area (Å²) in [5.41, 5.74) is 4.63. The third-order valence-corrected chi connectivity index (χ3v) is 14.9. The fourth-order valence-electron chi connectivity index (χ4n) is 6.30. The molecule has 0 aromatic rings. The maximum atomic E-state index is 5.34. The van der Waals surface area contributed by atoms with Crippen LogP contribution < -0.4 is 0 Å². The Morgan fingerprint density at radius 3 is 1.50 bits per heavy atom. The van der Waals surface area contributed by atoms with Gasteiger partial charge in [0.1, 0.15) is 0 Å². The molecule has 0 bridgehead atoms. The van der Waals surface area contributed by atoms with Gasteiger partial charge in [-0.3, -0.25) is 0 Å². The van der Waals surface area contributed by atoms with E-state index in [2.05, 4.69) is 110 Å². The largest absolute Gasteiger partial charge is 0.179 e. The predicted molar refractivity (Wildman–Crippen MR) is 210 cm³/mol. The van der Waals surface area contributed by atoms with Gasteiger partial charge in [0.15, 0.2) is 0 Å². The van der Waals surface area contributed by atoms with Crippen LogP contribution in [0.25, 0.3) is 0 Å². The molecular weight excluding hydrogens is 585 g/mol. The highest BCUT2D eigenvalue weighted by atomic mass is 32.1. The van der Waals surface area contributed by atoms with E-state index < -0.39 is 0 Å². The zero-order valence-electron chi connectivity index (χ0n) is 30.8. The summed E-state index contributed by atoms with van der Waals surface area (Å²) >= 11 is 20.3. The van der Waals surface area contributed by atoms with Crippen LogP contribution in [0.4, 0.5) is 0 Å². The van der Waals surface area contributed by atoms with Crippen molar-refractivity contribution in [2.45, 2.75) is 176 Å². The van der Waals surface area contributed by atoms with Gasteiger partial charge in [-0.1, -0.05) is 106 Å². The molecular formula is C38H74S4. The molecule has 7 unspecified atom stereocenters. The second-order valence-electron chi connectivity index (χ2n) is 16.9. The van der Waals surface area contributed by atoms with Crippen LogP contribution in [0, 0.1) is 34.0 Å². The Kier molecular flexibility index (Phi) is 17.0. The Hall–Kier alpha value is 0.880. The van der Waals surface area contributed by atoms with Crippen molar-refractivity contribution in [2.75, 3.05) is 5.75 Å². The van der Waals surface area contributed by atoms with Crippen molar-refractivity contribution in [2.24, 2.45) is 34.0 Å². The van der Waals surface area contributed by atoms with Crippen molar-refractivity contribution in [1.29, 1.82) is 0 Å². The summed E-state index contributed by atoms with van der Waals surface area (Å²) in [6, 6.07) is 0. The second kappa shape index (κ2) is 16.6. The third kappa shape index (κ3) is 12.6. The molecule has 0 fully saturated rings. The molecule has 0 aromatic heterocycles. The first-order valence-electron chi connectivity index (χ1n) is 16.8. The molecule has 0 aliphatic rings. The van der Waals surface area contributed by atoms with Crippen molar-refractivity contribution < 1.29 is 0 Å². The smallest absolute Gasteiger partial charge is 0.0130 e. The fourth-order valence-corrected chi connectivity index (χ4v) is 7.30. The summed E-state index contributed by atoms with van der Waals surface area (Å²) in [4.78, 5) is 0. The van der Waals surface area contributed by atoms with Crippen LogP contribution in [0.5, 0.6) is 0 Å². The van der Waals surface area contributed by atoms with Gasteiger partial charge >= 0.3 is 0 Å². The van der Waals surface area contributed by atoms with Crippen LogP contribution in [0.1, 0.15) is 162 Å². The SMILES string of the molecule is C=C(C)C(C)(CCC(C)(S)C(C)CCC(C)C(C)(S)CC/C(C)=C(\C)CC)CC(C)(CC(C)(C)C(C)(C)S)C(C)CS. The van der Waals surface area contributed by atoms with E-state index in [1.54, 1.807) is 5.57 Å². The molecule has 0 saturated carbocycles. The molecule has 7 atom stereocenters. The van der Waals surface area contributed by atoms with E-state index in [0.29, 0.717) is 17.8 Å². The second-order valence-corrected chi connectivity index (χ2v) is 20.4. The average Bonchev–Trinajstić information content (AvgIpc) is 2.86. The lowest BCUT2D eigenvalue weighted by molar-refractivity contribution is 0.0528. The van der Waals surface area contributed by atoms with E-state index in [1.165, 1.54) is 24.0 Å². The van der Waals surface area contributed by atoms with E-state index in [9.17, 15) is 0 Å². The zero-order chi connectivity index (χ0) is 33.5. The molecule has 4 heteroatoms. The maximum Gasteiger partial charge on any atom is 0.0130 e. The monoisotopic (exact) mass is 658 g/mol. The number of hydrogen-bond acceptors (Lipinski definition) is 4. The summed E-state index contributed by atoms with van der Waals surface area (Å²) in [7, 11) is 0. The number of allylic oxidation sites excluding steroid dienone is 3. The normalized spacial score (nSPS) is 21.7. The molecule has 42 heavy (non-hydrogen) atoms. The van der Waals surface area contributed by atoms with Gasteiger partial charge in [0.25, 0.3) is 0 Å². The first kappa shape index (κ1) is 42.9. The fraction of sp³-hybridized carbons (Fsp3) is 0.895. The van der Waals surface area contributed by atoms with Gasteiger partial charge in [0.05, 0.1) is 0 Å². The van der Waals surface area contributed by atoms with Crippen molar-refractivity contribution in [3.63, 3.8) is 0 Å². The molecule has 0 aromatic carbocycles. The van der Waals surface area contributed by atoms with E-state index >= 15 is 0 Å². The summed E-state index contributed by atoms with van der Waals surface area (Å²) < 4.78 is -0.0452. The Morgan fingerprint density at radius 2 is 1.12 bits per heavy atom. The van der Waals surface area contributed by atoms with Gasteiger partial charge in [0, 0.05) is 14.2 Å². The lowest BCUT2D eigenvalue weighted by Gasteiger charge is -2.51. The van der Waals surface area contributed by atoms with Crippen LogP contribution in [0.2, 0.25) is 0 Å². The van der Waals surface area contributed by atoms with Crippen molar-refractivity contribution in [1.82, 2.24) is 0 Å². The Bertz CT molecular complexity index is 874. The molecule has 0 spiro atoms. The Balaban J connectivity index is 5.63. The average molecular weight is 659 g/mol. The minimum atomic E-state index is -0.0620. The zero-order valence-corrected chi connectivity index (χ0v) is 34.4. The van der Waals surface area contributed by atoms with Gasteiger partial charge in [0.2, 0.25) is 0 Å². The van der Waals surface area contributed by atoms with Gasteiger partial charge < -0.3 is 0 Å². The summed E-state index contributed by atoms with van der Waals surface area (Å²) in [5, 5.41) is 0. The molecule has 0 aliphatic carbocycles. The summed E-state index contributed by atoms with van der Waals surface area (Å²) in [6.45, 7) is 39.8. The van der Waals surface area contributed by atoms with Crippen molar-refractivity contribution in [3.05, 3.63) is 23.3 Å². The number of thiol groups is 4. The topological polar surface area (TPSA) is 0 Å². The molecule has 0 N–H and O–H groups in total. The van der Waals surface area contributed by atoms with E-state index in [4.69, 9.17) is 50.5 Å². The molecule has 0 rings (SSSR count). The molecule has 250 valence electrons. The van der Waals surface area contributed by atoms with Crippen LogP contribution >= 0.6 is 50.5 Å². The lowest BCUT2D eigenvalue weighted by Crippen LogP contribution is -2.44. The summed E-state index contributed by atoms with van der Waals surface area (Å²) in [5.74, 6) is 2.48. The first-order chi connectivity index (χ1) is 18.7. The Morgan fingerprint density at radius 1 is 0.667 bits per heavy atom. The minimum Gasteiger partial charge on any atom is -0.179 e. The van der Waals surface area contributed by atoms with Gasteiger partial charge in [-0.05, 0) is 118 Å². The first-order valence-corrected chi connectivity index (χ1v) is 18.8. The van der Waals surface area contributed by atoms with E-state index in [0.717, 1.165) is 50.7 Å². The van der Waals surface area contributed by atoms with Crippen molar-refractivity contribution >= 4 is 50.5 Å². The molecule has 0 nitrogen and oxygen atoms in total. The van der Waals surface area contributed by atoms with Crippen LogP contribution in [-0.2, 0) is 0 Å². The predicted octanol–water partition coefficient (Wildman–Crippen LogP) is 13.4. The molecule has 0 amide bonds. The molecule has 0 radical (unpaired) electrons. The van der Waals surface area contributed by atoms with Crippen molar-refractivity contribution in [3.8, 4) is 0 Å². The van der Waals surface area contributed by atoms with Crippen LogP contribution in [0.3, 0.4) is 0 Å². The summed E-state index contributed by atoms with van der Waals surface area (Å²) in [6.07, 6.45) is 10.2. The minimum absolute atomic E-state index is 0.0289. The number of rotatable bonds is 20. The highest BCUT2D eigenvalue weighted by Crippen LogP contribution is 2.55. The van der Waals surface area contributed by atoms with E-state index in [-0.39, 0.29) is 30.5 Å². The van der Waals surface area contributed by atoms with Crippen LogP contribution in [0.15, 0.2) is 23.3 Å². The van der Waals surface area contributed by atoms with Crippen LogP contribution in [-0.4, -0.2) is 20.0 Å². The molecule has 0 heterocycles. The molecule has 0 aliphatic heterocycles.